The summed E-state index contributed by atoms with van der Waals surface area (Å²) in [6.45, 7) is 0.591. The Bertz CT molecular complexity index is 1500. The van der Waals surface area contributed by atoms with Crippen LogP contribution in [0, 0.1) is 5.92 Å². The molecule has 0 fully saturated rings. The third kappa shape index (κ3) is 8.61. The van der Waals surface area contributed by atoms with Crippen LogP contribution in [0.25, 0.3) is 0 Å². The predicted molar refractivity (Wildman–Crippen MR) is 178 cm³/mol. The van der Waals surface area contributed by atoms with Crippen molar-refractivity contribution in [2.24, 2.45) is 5.92 Å². The number of nitrogens with zero attached hydrogens (tertiary/aromatic N) is 2. The van der Waals surface area contributed by atoms with Gasteiger partial charge in [-0.1, -0.05) is 48.5 Å². The number of anilines is 4. The summed E-state index contributed by atoms with van der Waals surface area (Å²) < 4.78 is 0. The van der Waals surface area contributed by atoms with Crippen molar-refractivity contribution in [2.45, 2.75) is 19.5 Å². The summed E-state index contributed by atoms with van der Waals surface area (Å²) in [5.41, 5.74) is 12.1. The van der Waals surface area contributed by atoms with Crippen LogP contribution < -0.4 is 31.5 Å². The van der Waals surface area contributed by atoms with Crippen molar-refractivity contribution in [3.05, 3.63) is 119 Å². The minimum Gasteiger partial charge on any atom is -0.397 e. The fraction of sp³-hybridized carbons (Fsp3) is 0.229. The summed E-state index contributed by atoms with van der Waals surface area (Å²) in [6.07, 6.45) is 0.171. The number of nitrogens with one attached hydrogen (secondary N) is 3. The number of amides is 3. The quantitative estimate of drug-likeness (QED) is 0.143. The lowest BCUT2D eigenvalue weighted by atomic mass is 9.96. The van der Waals surface area contributed by atoms with Gasteiger partial charge in [-0.05, 0) is 71.6 Å². The van der Waals surface area contributed by atoms with Gasteiger partial charge in [0.1, 0.15) is 5.92 Å². The minimum atomic E-state index is -0.971. The third-order valence-corrected chi connectivity index (χ3v) is 7.34. The second-order valence-electron chi connectivity index (χ2n) is 11.1. The molecule has 0 aromatic heterocycles. The summed E-state index contributed by atoms with van der Waals surface area (Å²) in [4.78, 5) is 43.6. The van der Waals surface area contributed by atoms with Crippen LogP contribution in [0.15, 0.2) is 97.1 Å². The Hall–Kier alpha value is -5.31. The lowest BCUT2D eigenvalue weighted by Gasteiger charge is -2.18. The molecule has 0 saturated carbocycles. The highest BCUT2D eigenvalue weighted by molar-refractivity contribution is 6.05. The van der Waals surface area contributed by atoms with Crippen molar-refractivity contribution < 1.29 is 14.4 Å². The van der Waals surface area contributed by atoms with Gasteiger partial charge in [0.15, 0.2) is 0 Å². The number of carbonyl (C=O) groups excluding carboxylic acids is 3. The van der Waals surface area contributed by atoms with Gasteiger partial charge in [-0.2, -0.15) is 0 Å². The maximum Gasteiger partial charge on any atom is 0.255 e. The van der Waals surface area contributed by atoms with Gasteiger partial charge < -0.3 is 31.5 Å². The van der Waals surface area contributed by atoms with E-state index in [4.69, 9.17) is 5.73 Å². The molecule has 0 heterocycles. The van der Waals surface area contributed by atoms with Gasteiger partial charge >= 0.3 is 0 Å². The highest BCUT2D eigenvalue weighted by Gasteiger charge is 2.27. The topological polar surface area (TPSA) is 120 Å². The molecule has 4 aromatic rings. The van der Waals surface area contributed by atoms with E-state index < -0.39 is 5.92 Å². The zero-order valence-corrected chi connectivity index (χ0v) is 25.6. The lowest BCUT2D eigenvalue weighted by molar-refractivity contribution is -0.135. The average Bonchev–Trinajstić information content (AvgIpc) is 3.03. The van der Waals surface area contributed by atoms with E-state index >= 15 is 0 Å². The minimum absolute atomic E-state index is 0.171. The van der Waals surface area contributed by atoms with E-state index in [9.17, 15) is 14.4 Å². The number of hydrogen-bond acceptors (Lipinski definition) is 6. The Kier molecular flexibility index (Phi) is 10.6. The van der Waals surface area contributed by atoms with Crippen LogP contribution in [0.1, 0.15) is 27.0 Å². The van der Waals surface area contributed by atoms with E-state index in [1.807, 2.05) is 86.5 Å². The van der Waals surface area contributed by atoms with E-state index in [1.165, 1.54) is 0 Å². The molecule has 0 saturated heterocycles. The number of hydrogen-bond donors (Lipinski definition) is 4. The maximum absolute atomic E-state index is 13.4. The molecule has 4 rings (SSSR count). The van der Waals surface area contributed by atoms with E-state index in [2.05, 4.69) is 16.0 Å². The summed E-state index contributed by atoms with van der Waals surface area (Å²) in [7, 11) is 7.87. The zero-order chi connectivity index (χ0) is 31.6. The summed E-state index contributed by atoms with van der Waals surface area (Å²) >= 11 is 0. The fourth-order valence-corrected chi connectivity index (χ4v) is 4.59. The molecule has 9 nitrogen and oxygen atoms in total. The normalized spacial score (nSPS) is 10.7. The Morgan fingerprint density at radius 3 is 1.55 bits per heavy atom. The Morgan fingerprint density at radius 2 is 1.09 bits per heavy atom. The molecule has 228 valence electrons. The molecule has 0 aliphatic carbocycles. The van der Waals surface area contributed by atoms with E-state index in [0.717, 1.165) is 28.1 Å². The average molecular weight is 593 g/mol. The molecule has 5 N–H and O–H groups in total. The van der Waals surface area contributed by atoms with Crippen LogP contribution in [0.3, 0.4) is 0 Å². The highest BCUT2D eigenvalue weighted by Crippen LogP contribution is 2.19. The number of nitrogens with two attached hydrogens (primary N) is 1. The second kappa shape index (κ2) is 14.7. The van der Waals surface area contributed by atoms with Crippen LogP contribution in [-0.4, -0.2) is 45.9 Å². The van der Waals surface area contributed by atoms with Gasteiger partial charge in [0.25, 0.3) is 5.91 Å². The summed E-state index contributed by atoms with van der Waals surface area (Å²) in [6, 6.07) is 29.7. The molecule has 9 heteroatoms. The van der Waals surface area contributed by atoms with Crippen LogP contribution in [0.2, 0.25) is 0 Å². The molecule has 4 aromatic carbocycles. The van der Waals surface area contributed by atoms with Gasteiger partial charge in [0.2, 0.25) is 11.8 Å². The molecular formula is C35H40N6O3. The predicted octanol–water partition coefficient (Wildman–Crippen LogP) is 4.44. The first kappa shape index (κ1) is 31.6. The number of para-hydroxylation sites is 2. The molecule has 0 atom stereocenters. The lowest BCUT2D eigenvalue weighted by Crippen LogP contribution is -2.42. The standard InChI is InChI=1S/C35H40N6O3/c1-40(2)28-17-11-25(12-18-28)22-37-34(43)30(35(44)38-23-26-13-19-29(20-14-26)41(3)4)21-24-9-15-27(16-10-24)33(42)39-32-8-6-5-7-31(32)36/h5-20,30H,21-23,36H2,1-4H3,(H,37,43)(H,38,44)(H,39,42). The van der Waals surface area contributed by atoms with E-state index in [0.29, 0.717) is 30.0 Å². The largest absolute Gasteiger partial charge is 0.397 e. The summed E-state index contributed by atoms with van der Waals surface area (Å²) in [5, 5.41) is 8.68. The van der Waals surface area contributed by atoms with Crippen LogP contribution in [-0.2, 0) is 29.1 Å². The van der Waals surface area contributed by atoms with E-state index in [-0.39, 0.29) is 24.1 Å². The number of carbonyl (C=O) groups is 3. The highest BCUT2D eigenvalue weighted by atomic mass is 16.2. The Balaban J connectivity index is 1.45. The van der Waals surface area contributed by atoms with Gasteiger partial charge in [-0.25, -0.2) is 0 Å². The maximum atomic E-state index is 13.4. The van der Waals surface area contributed by atoms with Crippen LogP contribution >= 0.6 is 0 Å². The molecule has 3 amide bonds. The SMILES string of the molecule is CN(C)c1ccc(CNC(=O)C(Cc2ccc(C(=O)Nc3ccccc3N)cc2)C(=O)NCc2ccc(N(C)C)cc2)cc1. The van der Waals surface area contributed by atoms with Crippen molar-refractivity contribution >= 4 is 40.5 Å². The molecule has 0 aliphatic heterocycles. The number of nitrogen functional groups attached to an aromatic ring is 1. The number of rotatable bonds is 12. The zero-order valence-electron chi connectivity index (χ0n) is 25.6. The molecule has 0 spiro atoms. The smallest absolute Gasteiger partial charge is 0.255 e. The van der Waals surface area contributed by atoms with Gasteiger partial charge in [0, 0.05) is 58.2 Å². The first-order valence-electron chi connectivity index (χ1n) is 14.4. The molecule has 0 aliphatic rings. The van der Waals surface area contributed by atoms with Gasteiger partial charge in [-0.3, -0.25) is 14.4 Å². The monoisotopic (exact) mass is 592 g/mol. The Morgan fingerprint density at radius 1 is 0.636 bits per heavy atom. The molecule has 0 radical (unpaired) electrons. The van der Waals surface area contributed by atoms with Crippen molar-refractivity contribution in [3.8, 4) is 0 Å². The van der Waals surface area contributed by atoms with Gasteiger partial charge in [-0.15, -0.1) is 0 Å². The first-order valence-corrected chi connectivity index (χ1v) is 14.4. The van der Waals surface area contributed by atoms with Crippen molar-refractivity contribution in [3.63, 3.8) is 0 Å². The van der Waals surface area contributed by atoms with Gasteiger partial charge in [0.05, 0.1) is 11.4 Å². The van der Waals surface area contributed by atoms with Crippen LogP contribution in [0.5, 0.6) is 0 Å². The fourth-order valence-electron chi connectivity index (χ4n) is 4.59. The molecule has 44 heavy (non-hydrogen) atoms. The van der Waals surface area contributed by atoms with E-state index in [1.54, 1.807) is 48.5 Å². The Labute approximate surface area is 259 Å². The second-order valence-corrected chi connectivity index (χ2v) is 11.1. The van der Waals surface area contributed by atoms with Crippen molar-refractivity contribution in [1.82, 2.24) is 10.6 Å². The number of benzene rings is 4. The van der Waals surface area contributed by atoms with Crippen LogP contribution in [0.4, 0.5) is 22.7 Å². The molecule has 0 bridgehead atoms. The van der Waals surface area contributed by atoms with Crippen molar-refractivity contribution in [2.75, 3.05) is 49.0 Å². The third-order valence-electron chi connectivity index (χ3n) is 7.34. The summed E-state index contributed by atoms with van der Waals surface area (Å²) in [5.74, 6) is -2.02. The molecular weight excluding hydrogens is 552 g/mol. The first-order chi connectivity index (χ1) is 21.1. The van der Waals surface area contributed by atoms with Crippen molar-refractivity contribution in [1.29, 1.82) is 0 Å². The molecule has 0 unspecified atom stereocenters.